The molecule has 2 atom stereocenters. The Kier molecular flexibility index (Phi) is 3.43. The van der Waals surface area contributed by atoms with Crippen molar-refractivity contribution in [1.29, 1.82) is 0 Å². The van der Waals surface area contributed by atoms with E-state index in [2.05, 4.69) is 34.7 Å². The van der Waals surface area contributed by atoms with E-state index in [0.29, 0.717) is 0 Å². The van der Waals surface area contributed by atoms with Gasteiger partial charge >= 0.3 is 0 Å². The van der Waals surface area contributed by atoms with Gasteiger partial charge < -0.3 is 0 Å². The van der Waals surface area contributed by atoms with Crippen LogP contribution in [-0.4, -0.2) is 9.71 Å². The molecule has 1 nitrogen and oxygen atoms in total. The first kappa shape index (κ1) is 12.2. The van der Waals surface area contributed by atoms with Crippen LogP contribution in [0.5, 0.6) is 0 Å². The first-order valence-corrected chi connectivity index (χ1v) is 7.89. The minimum atomic E-state index is 0.00454. The van der Waals surface area contributed by atoms with Gasteiger partial charge in [0.2, 0.25) is 0 Å². The zero-order valence-corrected chi connectivity index (χ0v) is 12.5. The molecule has 0 fully saturated rings. The van der Waals surface area contributed by atoms with Gasteiger partial charge in [0, 0.05) is 10.5 Å². The van der Waals surface area contributed by atoms with Crippen LogP contribution in [0.4, 0.5) is 0 Å². The first-order chi connectivity index (χ1) is 8.77. The molecule has 3 heteroatoms. The second-order valence-corrected chi connectivity index (χ2v) is 6.74. The van der Waals surface area contributed by atoms with Gasteiger partial charge in [0.15, 0.2) is 5.78 Å². The van der Waals surface area contributed by atoms with Crippen LogP contribution in [0.3, 0.4) is 0 Å². The highest BCUT2D eigenvalue weighted by Gasteiger charge is 2.34. The number of hydrogen-bond acceptors (Lipinski definition) is 2. The van der Waals surface area contributed by atoms with Crippen molar-refractivity contribution in [3.63, 3.8) is 0 Å². The van der Waals surface area contributed by atoms with E-state index in [1.54, 1.807) is 11.8 Å². The summed E-state index contributed by atoms with van der Waals surface area (Å²) in [6.07, 6.45) is 0. The van der Waals surface area contributed by atoms with Gasteiger partial charge in [-0.15, -0.1) is 11.8 Å². The summed E-state index contributed by atoms with van der Waals surface area (Å²) in [7, 11) is 0. The summed E-state index contributed by atoms with van der Waals surface area (Å²) in [5.74, 6) is 0.249. The Labute approximate surface area is 124 Å². The summed E-state index contributed by atoms with van der Waals surface area (Å²) in [6.45, 7) is 0. The van der Waals surface area contributed by atoms with Crippen molar-refractivity contribution in [2.24, 2.45) is 0 Å². The molecule has 0 aromatic heterocycles. The molecule has 1 heterocycles. The fourth-order valence-corrected chi connectivity index (χ4v) is 4.59. The smallest absolute Gasteiger partial charge is 0.178 e. The number of alkyl halides is 1. The average molecular weight is 366 g/mol. The predicted octanol–water partition coefficient (Wildman–Crippen LogP) is 4.52. The number of halogens is 1. The SMILES string of the molecule is O=C1c2ccccc2SC(c2ccccc2)C1I. The lowest BCUT2D eigenvalue weighted by molar-refractivity contribution is 0.0988. The molecule has 0 radical (unpaired) electrons. The monoisotopic (exact) mass is 366 g/mol. The number of thioether (sulfide) groups is 1. The maximum atomic E-state index is 12.4. The van der Waals surface area contributed by atoms with Crippen molar-refractivity contribution >= 4 is 40.1 Å². The number of hydrogen-bond donors (Lipinski definition) is 0. The second kappa shape index (κ2) is 5.05. The van der Waals surface area contributed by atoms with E-state index in [1.807, 2.05) is 42.5 Å². The highest BCUT2D eigenvalue weighted by Crippen LogP contribution is 2.47. The van der Waals surface area contributed by atoms with E-state index < -0.39 is 0 Å². The van der Waals surface area contributed by atoms with Gasteiger partial charge in [-0.25, -0.2) is 0 Å². The summed E-state index contributed by atoms with van der Waals surface area (Å²) >= 11 is 4.07. The van der Waals surface area contributed by atoms with Crippen LogP contribution in [-0.2, 0) is 0 Å². The molecule has 1 aliphatic rings. The van der Waals surface area contributed by atoms with Crippen LogP contribution in [0.2, 0.25) is 0 Å². The van der Waals surface area contributed by atoms with Crippen molar-refractivity contribution in [2.75, 3.05) is 0 Å². The highest BCUT2D eigenvalue weighted by molar-refractivity contribution is 14.1. The maximum Gasteiger partial charge on any atom is 0.178 e. The third kappa shape index (κ3) is 2.10. The number of carbonyl (C=O) groups excluding carboxylic acids is 1. The Morgan fingerprint density at radius 1 is 0.944 bits per heavy atom. The van der Waals surface area contributed by atoms with Crippen LogP contribution < -0.4 is 0 Å². The standard InChI is InChI=1S/C15H11IOS/c16-13-14(17)11-8-4-5-9-12(11)18-15(13)10-6-2-1-3-7-10/h1-9,13,15H. The lowest BCUT2D eigenvalue weighted by Gasteiger charge is -2.28. The minimum absolute atomic E-state index is 0.00454. The van der Waals surface area contributed by atoms with Gasteiger partial charge in [-0.1, -0.05) is 71.1 Å². The maximum absolute atomic E-state index is 12.4. The fourth-order valence-electron chi connectivity index (χ4n) is 2.14. The van der Waals surface area contributed by atoms with Gasteiger partial charge in [0.1, 0.15) is 0 Å². The quantitative estimate of drug-likeness (QED) is 0.545. The molecule has 2 aromatic rings. The predicted molar refractivity (Wildman–Crippen MR) is 83.6 cm³/mol. The summed E-state index contributed by atoms with van der Waals surface area (Å²) in [5.41, 5.74) is 2.10. The van der Waals surface area contributed by atoms with E-state index in [9.17, 15) is 4.79 Å². The topological polar surface area (TPSA) is 17.1 Å². The molecule has 3 rings (SSSR count). The summed E-state index contributed by atoms with van der Waals surface area (Å²) in [4.78, 5) is 13.5. The normalized spacial score (nSPS) is 22.6. The van der Waals surface area contributed by atoms with E-state index in [4.69, 9.17) is 0 Å². The van der Waals surface area contributed by atoms with Gasteiger partial charge in [-0.2, -0.15) is 0 Å². The average Bonchev–Trinajstić information content (AvgIpc) is 2.44. The number of fused-ring (bicyclic) bond motifs is 1. The molecule has 0 N–H and O–H groups in total. The zero-order valence-electron chi connectivity index (χ0n) is 9.55. The highest BCUT2D eigenvalue weighted by atomic mass is 127. The molecule has 90 valence electrons. The Balaban J connectivity index is 2.04. The molecule has 0 saturated carbocycles. The Hall–Kier alpha value is -0.810. The van der Waals surface area contributed by atoms with E-state index in [0.717, 1.165) is 10.5 Å². The fraction of sp³-hybridized carbons (Fsp3) is 0.133. The zero-order chi connectivity index (χ0) is 12.5. The minimum Gasteiger partial charge on any atom is -0.293 e. The first-order valence-electron chi connectivity index (χ1n) is 5.76. The third-order valence-electron chi connectivity index (χ3n) is 3.05. The number of rotatable bonds is 1. The lowest BCUT2D eigenvalue weighted by Crippen LogP contribution is -2.25. The number of benzene rings is 2. The van der Waals surface area contributed by atoms with Crippen LogP contribution in [0.25, 0.3) is 0 Å². The van der Waals surface area contributed by atoms with Crippen LogP contribution in [0, 0.1) is 0 Å². The number of Topliss-reactive ketones (excluding diaryl/α,β-unsaturated/α-hetero) is 1. The third-order valence-corrected chi connectivity index (χ3v) is 6.23. The second-order valence-electron chi connectivity index (χ2n) is 4.21. The summed E-state index contributed by atoms with van der Waals surface area (Å²) in [5, 5.41) is 0.217. The molecule has 2 aromatic carbocycles. The summed E-state index contributed by atoms with van der Waals surface area (Å²) < 4.78 is 0.00454. The number of carbonyl (C=O) groups is 1. The van der Waals surface area contributed by atoms with Crippen molar-refractivity contribution < 1.29 is 4.79 Å². The van der Waals surface area contributed by atoms with Gasteiger partial charge in [-0.05, 0) is 11.6 Å². The van der Waals surface area contributed by atoms with Gasteiger partial charge in [0.05, 0.1) is 9.17 Å². The van der Waals surface area contributed by atoms with Crippen molar-refractivity contribution in [3.05, 3.63) is 65.7 Å². The molecule has 2 unspecified atom stereocenters. The van der Waals surface area contributed by atoms with Crippen LogP contribution in [0.15, 0.2) is 59.5 Å². The Morgan fingerprint density at radius 3 is 2.39 bits per heavy atom. The molecule has 0 amide bonds. The van der Waals surface area contributed by atoms with E-state index in [1.165, 1.54) is 5.56 Å². The largest absolute Gasteiger partial charge is 0.293 e. The molecule has 18 heavy (non-hydrogen) atoms. The van der Waals surface area contributed by atoms with E-state index in [-0.39, 0.29) is 15.0 Å². The Morgan fingerprint density at radius 2 is 1.61 bits per heavy atom. The molecular formula is C15H11IOS. The Bertz CT molecular complexity index is 582. The van der Waals surface area contributed by atoms with E-state index >= 15 is 0 Å². The molecule has 1 aliphatic heterocycles. The van der Waals surface area contributed by atoms with Crippen molar-refractivity contribution in [1.82, 2.24) is 0 Å². The van der Waals surface area contributed by atoms with Crippen LogP contribution >= 0.6 is 34.4 Å². The molecule has 0 saturated heterocycles. The van der Waals surface area contributed by atoms with Crippen molar-refractivity contribution in [3.8, 4) is 0 Å². The summed E-state index contributed by atoms with van der Waals surface area (Å²) in [6, 6.07) is 18.2. The molecular weight excluding hydrogens is 355 g/mol. The lowest BCUT2D eigenvalue weighted by atomic mass is 10.0. The molecule has 0 spiro atoms. The number of ketones is 1. The van der Waals surface area contributed by atoms with Crippen molar-refractivity contribution in [2.45, 2.75) is 14.1 Å². The van der Waals surface area contributed by atoms with Gasteiger partial charge in [-0.3, -0.25) is 4.79 Å². The van der Waals surface area contributed by atoms with Gasteiger partial charge in [0.25, 0.3) is 0 Å². The molecule has 0 bridgehead atoms. The molecule has 0 aliphatic carbocycles. The van der Waals surface area contributed by atoms with Crippen LogP contribution in [0.1, 0.15) is 21.2 Å².